The Morgan fingerprint density at radius 2 is 1.82 bits per heavy atom. The lowest BCUT2D eigenvalue weighted by Gasteiger charge is -2.17. The molecule has 4 aromatic rings. The molecule has 198 valence electrons. The highest BCUT2D eigenvalue weighted by molar-refractivity contribution is 7.99. The molecule has 3 aromatic carbocycles. The van der Waals surface area contributed by atoms with Gasteiger partial charge in [0.05, 0.1) is 13.7 Å². The molecular weight excluding hydrogens is 528 g/mol. The molecule has 0 saturated carbocycles. The van der Waals surface area contributed by atoms with Crippen LogP contribution in [0, 0.1) is 17.0 Å². The predicted molar refractivity (Wildman–Crippen MR) is 147 cm³/mol. The maximum absolute atomic E-state index is 11.6. The lowest BCUT2D eigenvalue weighted by molar-refractivity contribution is -0.479. The SMILES string of the molecule is CCOc1ccc(-n2c(C)nnc2S[C@H](C[N+](=O)[O-])c2ccc(OCc3ccccc3Cl)c(OC)c2)cc1. The van der Waals surface area contributed by atoms with E-state index in [0.717, 1.165) is 17.0 Å². The summed E-state index contributed by atoms with van der Waals surface area (Å²) in [4.78, 5) is 11.3. The fourth-order valence-corrected chi connectivity index (χ4v) is 5.18. The van der Waals surface area contributed by atoms with E-state index >= 15 is 0 Å². The van der Waals surface area contributed by atoms with Crippen molar-refractivity contribution in [2.45, 2.75) is 30.9 Å². The van der Waals surface area contributed by atoms with Gasteiger partial charge in [-0.3, -0.25) is 14.7 Å². The molecule has 0 saturated heterocycles. The molecule has 1 aromatic heterocycles. The van der Waals surface area contributed by atoms with Gasteiger partial charge in [-0.05, 0) is 61.9 Å². The van der Waals surface area contributed by atoms with Crippen molar-refractivity contribution in [1.82, 2.24) is 14.8 Å². The van der Waals surface area contributed by atoms with Gasteiger partial charge in [0.25, 0.3) is 0 Å². The standard InChI is InChI=1S/C27H27ClN4O5S/c1-4-36-22-12-10-21(11-13-22)32-18(2)29-30-27(32)38-26(16-31(33)34)19-9-14-24(25(15-19)35-3)37-17-20-7-5-6-8-23(20)28/h5-15,26H,4,16-17H2,1-3H3/t26-/m1/s1. The van der Waals surface area contributed by atoms with Crippen molar-refractivity contribution in [2.24, 2.45) is 0 Å². The summed E-state index contributed by atoms with van der Waals surface area (Å²) in [6, 6.07) is 20.3. The second-order valence-electron chi connectivity index (χ2n) is 8.20. The van der Waals surface area contributed by atoms with Crippen molar-refractivity contribution in [3.05, 3.63) is 98.8 Å². The molecule has 9 nitrogen and oxygen atoms in total. The van der Waals surface area contributed by atoms with Crippen LogP contribution in [-0.4, -0.2) is 39.9 Å². The first-order valence-electron chi connectivity index (χ1n) is 11.9. The van der Waals surface area contributed by atoms with Gasteiger partial charge in [-0.15, -0.1) is 10.2 Å². The first-order chi connectivity index (χ1) is 18.4. The third-order valence-corrected chi connectivity index (χ3v) is 7.21. The third-order valence-electron chi connectivity index (χ3n) is 5.66. The Kier molecular flexibility index (Phi) is 9.09. The van der Waals surface area contributed by atoms with Crippen LogP contribution in [0.1, 0.15) is 29.1 Å². The quantitative estimate of drug-likeness (QED) is 0.114. The van der Waals surface area contributed by atoms with E-state index in [0.29, 0.717) is 39.7 Å². The van der Waals surface area contributed by atoms with Crippen molar-refractivity contribution in [3.63, 3.8) is 0 Å². The lowest BCUT2D eigenvalue weighted by atomic mass is 10.1. The minimum atomic E-state index is -0.554. The van der Waals surface area contributed by atoms with Crippen molar-refractivity contribution in [1.29, 1.82) is 0 Å². The Labute approximate surface area is 229 Å². The monoisotopic (exact) mass is 554 g/mol. The number of aryl methyl sites for hydroxylation is 1. The summed E-state index contributed by atoms with van der Waals surface area (Å²) in [6.07, 6.45) is 0. The predicted octanol–water partition coefficient (Wildman–Crippen LogP) is 6.33. The third kappa shape index (κ3) is 6.56. The maximum Gasteiger partial charge on any atom is 0.220 e. The number of halogens is 1. The fourth-order valence-electron chi connectivity index (χ4n) is 3.82. The second kappa shape index (κ2) is 12.7. The zero-order valence-electron chi connectivity index (χ0n) is 21.2. The Morgan fingerprint density at radius 3 is 2.50 bits per heavy atom. The number of thioether (sulfide) groups is 1. The van der Waals surface area contributed by atoms with Crippen LogP contribution < -0.4 is 14.2 Å². The summed E-state index contributed by atoms with van der Waals surface area (Å²) in [5.41, 5.74) is 2.37. The Hall–Kier alpha value is -3.76. The smallest absolute Gasteiger partial charge is 0.220 e. The van der Waals surface area contributed by atoms with Gasteiger partial charge in [0.15, 0.2) is 16.7 Å². The van der Waals surface area contributed by atoms with Gasteiger partial charge >= 0.3 is 0 Å². The molecule has 0 unspecified atom stereocenters. The minimum Gasteiger partial charge on any atom is -0.494 e. The number of nitro groups is 1. The molecule has 0 fully saturated rings. The largest absolute Gasteiger partial charge is 0.494 e. The highest BCUT2D eigenvalue weighted by atomic mass is 35.5. The highest BCUT2D eigenvalue weighted by Crippen LogP contribution is 2.40. The van der Waals surface area contributed by atoms with Gasteiger partial charge in [0.1, 0.15) is 23.4 Å². The van der Waals surface area contributed by atoms with Crippen LogP contribution in [0.5, 0.6) is 17.2 Å². The topological polar surface area (TPSA) is 102 Å². The van der Waals surface area contributed by atoms with Crippen LogP contribution in [-0.2, 0) is 6.61 Å². The van der Waals surface area contributed by atoms with Crippen LogP contribution in [0.15, 0.2) is 71.9 Å². The van der Waals surface area contributed by atoms with Gasteiger partial charge < -0.3 is 14.2 Å². The number of benzene rings is 3. The minimum absolute atomic E-state index is 0.257. The molecule has 4 rings (SSSR count). The lowest BCUT2D eigenvalue weighted by Crippen LogP contribution is -2.11. The van der Waals surface area contributed by atoms with Gasteiger partial charge in [-0.2, -0.15) is 0 Å². The molecule has 0 N–H and O–H groups in total. The molecule has 11 heteroatoms. The normalized spacial score (nSPS) is 11.7. The maximum atomic E-state index is 11.6. The van der Waals surface area contributed by atoms with Crippen LogP contribution in [0.3, 0.4) is 0 Å². The highest BCUT2D eigenvalue weighted by Gasteiger charge is 2.25. The Morgan fingerprint density at radius 1 is 1.05 bits per heavy atom. The number of methoxy groups -OCH3 is 1. The number of aromatic nitrogens is 3. The number of hydrogen-bond acceptors (Lipinski definition) is 8. The van der Waals surface area contributed by atoms with Crippen LogP contribution in [0.25, 0.3) is 5.69 Å². The summed E-state index contributed by atoms with van der Waals surface area (Å²) in [5.74, 6) is 2.39. The summed E-state index contributed by atoms with van der Waals surface area (Å²) in [6.45, 7) is 4.27. The zero-order valence-corrected chi connectivity index (χ0v) is 22.7. The molecule has 0 amide bonds. The molecule has 0 aliphatic heterocycles. The fraction of sp³-hybridized carbons (Fsp3) is 0.259. The van der Waals surface area contributed by atoms with Gasteiger partial charge in [-0.25, -0.2) is 0 Å². The average Bonchev–Trinajstić information content (AvgIpc) is 3.27. The summed E-state index contributed by atoms with van der Waals surface area (Å²) in [7, 11) is 1.53. The molecular formula is C27H27ClN4O5S. The molecule has 1 heterocycles. The van der Waals surface area contributed by atoms with E-state index in [1.165, 1.54) is 18.9 Å². The first kappa shape index (κ1) is 27.3. The molecule has 1 atom stereocenters. The van der Waals surface area contributed by atoms with E-state index in [1.807, 2.05) is 60.9 Å². The number of rotatable bonds is 12. The summed E-state index contributed by atoms with van der Waals surface area (Å²) < 4.78 is 18.9. The average molecular weight is 555 g/mol. The van der Waals surface area contributed by atoms with Crippen LogP contribution >= 0.6 is 23.4 Å². The molecule has 0 aliphatic carbocycles. The molecule has 38 heavy (non-hydrogen) atoms. The van der Waals surface area contributed by atoms with Gasteiger partial charge in [0, 0.05) is 21.2 Å². The molecule has 0 radical (unpaired) electrons. The van der Waals surface area contributed by atoms with E-state index < -0.39 is 5.25 Å². The van der Waals surface area contributed by atoms with Crippen molar-refractivity contribution >= 4 is 23.4 Å². The molecule has 0 spiro atoms. The van der Waals surface area contributed by atoms with Crippen molar-refractivity contribution in [2.75, 3.05) is 20.3 Å². The van der Waals surface area contributed by atoms with Crippen LogP contribution in [0.4, 0.5) is 0 Å². The van der Waals surface area contributed by atoms with E-state index in [9.17, 15) is 10.1 Å². The van der Waals surface area contributed by atoms with Gasteiger partial charge in [0.2, 0.25) is 6.54 Å². The molecule has 0 bridgehead atoms. The molecule has 0 aliphatic rings. The zero-order chi connectivity index (χ0) is 27.1. The Bertz CT molecular complexity index is 1400. The Balaban J connectivity index is 1.59. The number of ether oxygens (including phenoxy) is 3. The van der Waals surface area contributed by atoms with Gasteiger partial charge in [-0.1, -0.05) is 47.6 Å². The number of nitrogens with zero attached hydrogens (tertiary/aromatic N) is 4. The van der Waals surface area contributed by atoms with E-state index in [1.54, 1.807) is 24.3 Å². The summed E-state index contributed by atoms with van der Waals surface area (Å²) >= 11 is 7.51. The first-order valence-corrected chi connectivity index (χ1v) is 13.1. The second-order valence-corrected chi connectivity index (χ2v) is 9.78. The van der Waals surface area contributed by atoms with E-state index in [-0.39, 0.29) is 18.1 Å². The van der Waals surface area contributed by atoms with Crippen LogP contribution in [0.2, 0.25) is 5.02 Å². The van der Waals surface area contributed by atoms with Crippen molar-refractivity contribution in [3.8, 4) is 22.9 Å². The summed E-state index contributed by atoms with van der Waals surface area (Å²) in [5, 5.41) is 20.7. The van der Waals surface area contributed by atoms with E-state index in [2.05, 4.69) is 10.2 Å². The van der Waals surface area contributed by atoms with E-state index in [4.69, 9.17) is 25.8 Å². The number of hydrogen-bond donors (Lipinski definition) is 0. The van der Waals surface area contributed by atoms with Crippen molar-refractivity contribution < 1.29 is 19.1 Å².